The van der Waals surface area contributed by atoms with Crippen LogP contribution in [0.1, 0.15) is 35.2 Å². The molecule has 0 aliphatic carbocycles. The molecule has 0 atom stereocenters. The number of rotatable bonds is 4. The smallest absolute Gasteiger partial charge is 0.335 e. The number of fused-ring (bicyclic) bond motifs is 1. The maximum atomic E-state index is 13.3. The van der Waals surface area contributed by atoms with E-state index in [1.54, 1.807) is 0 Å². The summed E-state index contributed by atoms with van der Waals surface area (Å²) < 4.78 is 28.0. The Morgan fingerprint density at radius 3 is 2.48 bits per heavy atom. The molecule has 0 bridgehead atoms. The van der Waals surface area contributed by atoms with Gasteiger partial charge in [0, 0.05) is 25.3 Å². The molecule has 1 saturated heterocycles. The number of aryl methyl sites for hydroxylation is 1. The summed E-state index contributed by atoms with van der Waals surface area (Å²) in [6, 6.07) is 11.6. The van der Waals surface area contributed by atoms with Gasteiger partial charge in [0.15, 0.2) is 0 Å². The Kier molecular flexibility index (Phi) is 4.55. The Morgan fingerprint density at radius 2 is 1.74 bits per heavy atom. The lowest BCUT2D eigenvalue weighted by Crippen LogP contribution is -2.35. The Morgan fingerprint density at radius 1 is 0.963 bits per heavy atom. The van der Waals surface area contributed by atoms with Crippen LogP contribution < -0.4 is 9.21 Å². The van der Waals surface area contributed by atoms with Gasteiger partial charge in [0.25, 0.3) is 10.0 Å². The normalized spacial score (nSPS) is 17.0. The van der Waals surface area contributed by atoms with Crippen LogP contribution in [0, 0.1) is 0 Å². The van der Waals surface area contributed by atoms with Crippen molar-refractivity contribution >= 4 is 27.4 Å². The van der Waals surface area contributed by atoms with Gasteiger partial charge in [-0.2, -0.15) is 0 Å². The van der Waals surface area contributed by atoms with Gasteiger partial charge in [-0.1, -0.05) is 12.1 Å². The van der Waals surface area contributed by atoms with E-state index in [2.05, 4.69) is 11.0 Å². The minimum Gasteiger partial charge on any atom is -0.478 e. The van der Waals surface area contributed by atoms with Crippen molar-refractivity contribution in [1.82, 2.24) is 0 Å². The fourth-order valence-corrected chi connectivity index (χ4v) is 5.45. The van der Waals surface area contributed by atoms with E-state index in [0.29, 0.717) is 12.2 Å². The molecule has 4 rings (SSSR count). The van der Waals surface area contributed by atoms with Gasteiger partial charge in [-0.15, -0.1) is 0 Å². The Balaban J connectivity index is 1.75. The van der Waals surface area contributed by atoms with E-state index in [0.717, 1.165) is 50.0 Å². The lowest BCUT2D eigenvalue weighted by Gasteiger charge is -2.32. The van der Waals surface area contributed by atoms with Crippen LogP contribution in [-0.4, -0.2) is 39.1 Å². The summed E-state index contributed by atoms with van der Waals surface area (Å²) in [4.78, 5) is 13.5. The second-order valence-corrected chi connectivity index (χ2v) is 8.88. The summed E-state index contributed by atoms with van der Waals surface area (Å²) >= 11 is 0. The largest absolute Gasteiger partial charge is 0.478 e. The predicted molar refractivity (Wildman–Crippen MR) is 104 cm³/mol. The zero-order chi connectivity index (χ0) is 19.0. The minimum absolute atomic E-state index is 0.0156. The number of hydrogen-bond donors (Lipinski definition) is 1. The maximum absolute atomic E-state index is 13.3. The van der Waals surface area contributed by atoms with Crippen molar-refractivity contribution in [2.24, 2.45) is 0 Å². The van der Waals surface area contributed by atoms with Crippen molar-refractivity contribution in [3.63, 3.8) is 0 Å². The molecule has 2 aromatic carbocycles. The monoisotopic (exact) mass is 386 g/mol. The number of anilines is 2. The van der Waals surface area contributed by atoms with E-state index >= 15 is 0 Å². The molecule has 0 radical (unpaired) electrons. The van der Waals surface area contributed by atoms with Crippen LogP contribution >= 0.6 is 0 Å². The lowest BCUT2D eigenvalue weighted by atomic mass is 10.0. The first-order valence-electron chi connectivity index (χ1n) is 9.21. The molecule has 1 N–H and O–H groups in total. The zero-order valence-electron chi connectivity index (χ0n) is 15.0. The van der Waals surface area contributed by atoms with Crippen LogP contribution in [0.3, 0.4) is 0 Å². The second-order valence-electron chi connectivity index (χ2n) is 7.02. The van der Waals surface area contributed by atoms with E-state index in [1.807, 2.05) is 12.1 Å². The van der Waals surface area contributed by atoms with Crippen molar-refractivity contribution in [1.29, 1.82) is 0 Å². The number of carbonyl (C=O) groups is 1. The molecule has 27 heavy (non-hydrogen) atoms. The molecule has 0 amide bonds. The average Bonchev–Trinajstić information content (AvgIpc) is 3.22. The lowest BCUT2D eigenvalue weighted by molar-refractivity contribution is 0.0696. The average molecular weight is 386 g/mol. The van der Waals surface area contributed by atoms with Crippen LogP contribution in [0.15, 0.2) is 47.4 Å². The molecule has 142 valence electrons. The molecule has 0 spiro atoms. The third kappa shape index (κ3) is 3.27. The van der Waals surface area contributed by atoms with Crippen LogP contribution in [0.2, 0.25) is 0 Å². The highest BCUT2D eigenvalue weighted by Gasteiger charge is 2.30. The Bertz CT molecular complexity index is 981. The number of hydrogen-bond acceptors (Lipinski definition) is 4. The highest BCUT2D eigenvalue weighted by atomic mass is 32.2. The van der Waals surface area contributed by atoms with Crippen molar-refractivity contribution < 1.29 is 18.3 Å². The molecular weight excluding hydrogens is 364 g/mol. The number of benzene rings is 2. The van der Waals surface area contributed by atoms with Gasteiger partial charge >= 0.3 is 5.97 Å². The standard InChI is InChI=1S/C20H22N2O4S/c23-20(24)16-5-3-7-18(13-16)27(25,26)22-12-4-6-15-8-9-17(14-19(15)22)21-10-1-2-11-21/h3,5,7-9,13-14H,1-2,4,6,10-12H2,(H,23,24). The van der Waals surface area contributed by atoms with E-state index in [-0.39, 0.29) is 10.5 Å². The van der Waals surface area contributed by atoms with E-state index in [4.69, 9.17) is 0 Å². The third-order valence-corrected chi connectivity index (χ3v) is 7.09. The van der Waals surface area contributed by atoms with Gasteiger partial charge in [-0.05, 0) is 61.6 Å². The number of aromatic carboxylic acids is 1. The maximum Gasteiger partial charge on any atom is 0.335 e. The fourth-order valence-electron chi connectivity index (χ4n) is 3.87. The van der Waals surface area contributed by atoms with E-state index < -0.39 is 16.0 Å². The van der Waals surface area contributed by atoms with Crippen LogP contribution in [0.4, 0.5) is 11.4 Å². The van der Waals surface area contributed by atoms with Gasteiger partial charge in [0.1, 0.15) is 0 Å². The number of carboxylic acid groups (broad SMARTS) is 1. The molecule has 1 fully saturated rings. The third-order valence-electron chi connectivity index (χ3n) is 5.29. The van der Waals surface area contributed by atoms with Crippen molar-refractivity contribution in [2.45, 2.75) is 30.6 Å². The number of nitrogens with zero attached hydrogens (tertiary/aromatic N) is 2. The molecule has 2 aliphatic heterocycles. The van der Waals surface area contributed by atoms with E-state index in [1.165, 1.54) is 28.6 Å². The number of carboxylic acids is 1. The summed E-state index contributed by atoms with van der Waals surface area (Å²) in [5.74, 6) is -1.14. The molecule has 7 heteroatoms. The molecule has 2 heterocycles. The van der Waals surface area contributed by atoms with E-state index in [9.17, 15) is 18.3 Å². The summed E-state index contributed by atoms with van der Waals surface area (Å²) in [5.41, 5.74) is 2.75. The Labute approximate surface area is 159 Å². The molecule has 0 saturated carbocycles. The summed E-state index contributed by atoms with van der Waals surface area (Å²) in [6.45, 7) is 2.38. The summed E-state index contributed by atoms with van der Waals surface area (Å²) in [5, 5.41) is 9.19. The highest BCUT2D eigenvalue weighted by Crippen LogP contribution is 2.36. The summed E-state index contributed by atoms with van der Waals surface area (Å²) in [7, 11) is -3.82. The highest BCUT2D eigenvalue weighted by molar-refractivity contribution is 7.92. The topological polar surface area (TPSA) is 77.9 Å². The van der Waals surface area contributed by atoms with Crippen molar-refractivity contribution in [3.05, 3.63) is 53.6 Å². The zero-order valence-corrected chi connectivity index (χ0v) is 15.8. The molecular formula is C20H22N2O4S. The van der Waals surface area contributed by atoms with Gasteiger partial charge in [0.05, 0.1) is 16.1 Å². The van der Waals surface area contributed by atoms with Gasteiger partial charge < -0.3 is 10.0 Å². The molecule has 0 aromatic heterocycles. The molecule has 0 unspecified atom stereocenters. The molecule has 2 aliphatic rings. The van der Waals surface area contributed by atoms with Crippen LogP contribution in [-0.2, 0) is 16.4 Å². The first-order valence-corrected chi connectivity index (χ1v) is 10.6. The quantitative estimate of drug-likeness (QED) is 0.873. The van der Waals surface area contributed by atoms with Gasteiger partial charge in [-0.3, -0.25) is 4.31 Å². The molecule has 2 aromatic rings. The summed E-state index contributed by atoms with van der Waals surface area (Å²) in [6.07, 6.45) is 3.90. The molecule has 6 nitrogen and oxygen atoms in total. The predicted octanol–water partition coefficient (Wildman–Crippen LogP) is 3.13. The fraction of sp³-hybridized carbons (Fsp3) is 0.350. The van der Waals surface area contributed by atoms with Gasteiger partial charge in [-0.25, -0.2) is 13.2 Å². The SMILES string of the molecule is O=C(O)c1cccc(S(=O)(=O)N2CCCc3ccc(N4CCCC4)cc32)c1. The van der Waals surface area contributed by atoms with Crippen LogP contribution in [0.5, 0.6) is 0 Å². The van der Waals surface area contributed by atoms with Crippen LogP contribution in [0.25, 0.3) is 0 Å². The number of sulfonamides is 1. The minimum atomic E-state index is -3.82. The Hall–Kier alpha value is -2.54. The van der Waals surface area contributed by atoms with Gasteiger partial charge in [0.2, 0.25) is 0 Å². The first-order chi connectivity index (χ1) is 13.0. The van der Waals surface area contributed by atoms with Crippen molar-refractivity contribution in [3.8, 4) is 0 Å². The second kappa shape index (κ2) is 6.88. The first kappa shape index (κ1) is 17.9. The van der Waals surface area contributed by atoms with Crippen molar-refractivity contribution in [2.75, 3.05) is 28.8 Å².